The van der Waals surface area contributed by atoms with E-state index in [1.807, 2.05) is 0 Å². The molecule has 2 N–H and O–H groups in total. The van der Waals surface area contributed by atoms with E-state index in [-0.39, 0.29) is 6.04 Å². The van der Waals surface area contributed by atoms with Crippen molar-refractivity contribution in [3.8, 4) is 0 Å². The van der Waals surface area contributed by atoms with Gasteiger partial charge in [-0.05, 0) is 45.3 Å². The molecule has 0 heterocycles. The van der Waals surface area contributed by atoms with E-state index in [9.17, 15) is 4.79 Å². The van der Waals surface area contributed by atoms with E-state index in [1.165, 1.54) is 6.42 Å². The second kappa shape index (κ2) is 8.48. The van der Waals surface area contributed by atoms with Crippen LogP contribution in [0.2, 0.25) is 0 Å². The number of carboxylic acid groups (broad SMARTS) is 1. The lowest BCUT2D eigenvalue weighted by Crippen LogP contribution is -2.46. The third kappa shape index (κ3) is 5.36. The summed E-state index contributed by atoms with van der Waals surface area (Å²) in [5, 5.41) is 12.4. The second-order valence-electron chi connectivity index (χ2n) is 5.21. The molecule has 0 aromatic heterocycles. The zero-order chi connectivity index (χ0) is 13.4. The summed E-state index contributed by atoms with van der Waals surface area (Å²) in [4.78, 5) is 13.5. The summed E-state index contributed by atoms with van der Waals surface area (Å²) in [7, 11) is 0. The van der Waals surface area contributed by atoms with Crippen LogP contribution in [0.5, 0.6) is 0 Å². The van der Waals surface area contributed by atoms with Crippen molar-refractivity contribution < 1.29 is 9.90 Å². The summed E-state index contributed by atoms with van der Waals surface area (Å²) in [6.07, 6.45) is 6.37. The van der Waals surface area contributed by atoms with Crippen LogP contribution in [0.4, 0.5) is 0 Å². The van der Waals surface area contributed by atoms with Gasteiger partial charge in [0, 0.05) is 6.04 Å². The molecule has 0 unspecified atom stereocenters. The molecule has 0 aromatic rings. The lowest BCUT2D eigenvalue weighted by atomic mass is 9.92. The quantitative estimate of drug-likeness (QED) is 0.588. The Labute approximate surface area is 111 Å². The molecule has 1 fully saturated rings. The van der Waals surface area contributed by atoms with Crippen LogP contribution >= 0.6 is 0 Å². The number of nitrogens with zero attached hydrogens (tertiary/aromatic N) is 1. The van der Waals surface area contributed by atoms with Crippen LogP contribution in [-0.2, 0) is 4.79 Å². The predicted octanol–water partition coefficient (Wildman–Crippen LogP) is 2.09. The lowest BCUT2D eigenvalue weighted by molar-refractivity contribution is -0.140. The van der Waals surface area contributed by atoms with Crippen LogP contribution in [-0.4, -0.2) is 47.7 Å². The molecule has 0 radical (unpaired) electrons. The fourth-order valence-electron chi connectivity index (χ4n) is 2.36. The van der Waals surface area contributed by atoms with Gasteiger partial charge in [-0.15, -0.1) is 0 Å². The third-order valence-corrected chi connectivity index (χ3v) is 3.95. The van der Waals surface area contributed by atoms with Gasteiger partial charge in [-0.1, -0.05) is 26.7 Å². The van der Waals surface area contributed by atoms with E-state index >= 15 is 0 Å². The van der Waals surface area contributed by atoms with Gasteiger partial charge in [-0.3, -0.25) is 4.79 Å². The highest BCUT2D eigenvalue weighted by atomic mass is 16.4. The predicted molar refractivity (Wildman–Crippen MR) is 73.8 cm³/mol. The van der Waals surface area contributed by atoms with E-state index < -0.39 is 5.97 Å². The Morgan fingerprint density at radius 3 is 2.44 bits per heavy atom. The number of carboxylic acids is 1. The number of hydrogen-bond acceptors (Lipinski definition) is 3. The highest BCUT2D eigenvalue weighted by Crippen LogP contribution is 2.19. The molecule has 0 bridgehead atoms. The minimum atomic E-state index is -0.690. The Morgan fingerprint density at radius 2 is 2.00 bits per heavy atom. The van der Waals surface area contributed by atoms with Crippen LogP contribution in [0.1, 0.15) is 52.4 Å². The van der Waals surface area contributed by atoms with Crippen molar-refractivity contribution in [2.24, 2.45) is 0 Å². The van der Waals surface area contributed by atoms with Crippen molar-refractivity contribution in [2.75, 3.05) is 19.6 Å². The number of nitrogens with one attached hydrogen (secondary N) is 1. The van der Waals surface area contributed by atoms with Gasteiger partial charge in [0.1, 0.15) is 6.04 Å². The van der Waals surface area contributed by atoms with Gasteiger partial charge in [0.25, 0.3) is 0 Å². The molecule has 0 aliphatic heterocycles. The summed E-state index contributed by atoms with van der Waals surface area (Å²) >= 11 is 0. The molecule has 4 nitrogen and oxygen atoms in total. The maximum absolute atomic E-state index is 11.1. The second-order valence-corrected chi connectivity index (χ2v) is 5.21. The first-order valence-corrected chi connectivity index (χ1v) is 7.38. The average Bonchev–Trinajstić information content (AvgIpc) is 2.30. The summed E-state index contributed by atoms with van der Waals surface area (Å²) in [5.74, 6) is -0.690. The zero-order valence-corrected chi connectivity index (χ0v) is 11.8. The number of unbranched alkanes of at least 4 members (excludes halogenated alkanes) is 1. The third-order valence-electron chi connectivity index (χ3n) is 3.95. The molecule has 4 heteroatoms. The van der Waals surface area contributed by atoms with E-state index in [2.05, 4.69) is 24.1 Å². The van der Waals surface area contributed by atoms with Crippen LogP contribution in [0.15, 0.2) is 0 Å². The monoisotopic (exact) mass is 256 g/mol. The lowest BCUT2D eigenvalue weighted by Gasteiger charge is -2.30. The van der Waals surface area contributed by atoms with Crippen molar-refractivity contribution in [3.05, 3.63) is 0 Å². The molecule has 1 aliphatic rings. The Bertz CT molecular complexity index is 238. The van der Waals surface area contributed by atoms with Gasteiger partial charge >= 0.3 is 5.97 Å². The van der Waals surface area contributed by atoms with E-state index in [1.54, 1.807) is 0 Å². The van der Waals surface area contributed by atoms with E-state index in [0.717, 1.165) is 51.7 Å². The smallest absolute Gasteiger partial charge is 0.320 e. The van der Waals surface area contributed by atoms with Crippen LogP contribution in [0, 0.1) is 0 Å². The fourth-order valence-corrected chi connectivity index (χ4v) is 2.36. The molecule has 1 saturated carbocycles. The Kier molecular flexibility index (Phi) is 7.28. The van der Waals surface area contributed by atoms with Crippen LogP contribution in [0.3, 0.4) is 0 Å². The Hall–Kier alpha value is -0.610. The first-order chi connectivity index (χ1) is 8.67. The number of rotatable bonds is 10. The van der Waals surface area contributed by atoms with Crippen molar-refractivity contribution in [2.45, 2.75) is 64.5 Å². The maximum Gasteiger partial charge on any atom is 0.320 e. The number of carbonyl (C=O) groups is 1. The SMILES string of the molecule is CCN(CC)CCCC[C@H](NC1CCC1)C(=O)O. The van der Waals surface area contributed by atoms with Gasteiger partial charge < -0.3 is 15.3 Å². The maximum atomic E-state index is 11.1. The highest BCUT2D eigenvalue weighted by Gasteiger charge is 2.24. The van der Waals surface area contributed by atoms with Crippen LogP contribution < -0.4 is 5.32 Å². The molecule has 1 atom stereocenters. The van der Waals surface area contributed by atoms with Crippen LogP contribution in [0.25, 0.3) is 0 Å². The van der Waals surface area contributed by atoms with Gasteiger partial charge in [-0.2, -0.15) is 0 Å². The summed E-state index contributed by atoms with van der Waals surface area (Å²) in [6, 6.07) is 0.112. The Morgan fingerprint density at radius 1 is 1.33 bits per heavy atom. The number of hydrogen-bond donors (Lipinski definition) is 2. The molecular formula is C14H28N2O2. The van der Waals surface area contributed by atoms with Crippen molar-refractivity contribution in [1.29, 1.82) is 0 Å². The first kappa shape index (κ1) is 15.4. The zero-order valence-electron chi connectivity index (χ0n) is 11.8. The molecule has 1 aliphatic carbocycles. The fraction of sp³-hybridized carbons (Fsp3) is 0.929. The van der Waals surface area contributed by atoms with Gasteiger partial charge in [0.05, 0.1) is 0 Å². The minimum absolute atomic E-state index is 0.341. The average molecular weight is 256 g/mol. The summed E-state index contributed by atoms with van der Waals surface area (Å²) < 4.78 is 0. The number of aliphatic carboxylic acids is 1. The van der Waals surface area contributed by atoms with E-state index in [4.69, 9.17) is 5.11 Å². The standard InChI is InChI=1S/C14H28N2O2/c1-3-16(4-2)11-6-5-10-13(14(17)18)15-12-8-7-9-12/h12-13,15H,3-11H2,1-2H3,(H,17,18)/t13-/m0/s1. The molecule has 0 amide bonds. The summed E-state index contributed by atoms with van der Waals surface area (Å²) in [5.41, 5.74) is 0. The molecule has 0 spiro atoms. The van der Waals surface area contributed by atoms with Crippen molar-refractivity contribution >= 4 is 5.97 Å². The molecule has 1 rings (SSSR count). The summed E-state index contributed by atoms with van der Waals surface area (Å²) in [6.45, 7) is 7.59. The largest absolute Gasteiger partial charge is 0.480 e. The van der Waals surface area contributed by atoms with Crippen molar-refractivity contribution in [1.82, 2.24) is 10.2 Å². The normalized spacial score (nSPS) is 17.7. The van der Waals surface area contributed by atoms with Gasteiger partial charge in [0.2, 0.25) is 0 Å². The van der Waals surface area contributed by atoms with Crippen molar-refractivity contribution in [3.63, 3.8) is 0 Å². The first-order valence-electron chi connectivity index (χ1n) is 7.38. The van der Waals surface area contributed by atoms with Gasteiger partial charge in [-0.25, -0.2) is 0 Å². The van der Waals surface area contributed by atoms with E-state index in [0.29, 0.717) is 6.04 Å². The Balaban J connectivity index is 2.14. The molecule has 106 valence electrons. The topological polar surface area (TPSA) is 52.6 Å². The molecule has 0 saturated heterocycles. The molecule has 18 heavy (non-hydrogen) atoms. The van der Waals surface area contributed by atoms with Gasteiger partial charge in [0.15, 0.2) is 0 Å². The minimum Gasteiger partial charge on any atom is -0.480 e. The molecule has 0 aromatic carbocycles. The molecular weight excluding hydrogens is 228 g/mol. The highest BCUT2D eigenvalue weighted by molar-refractivity contribution is 5.73.